The van der Waals surface area contributed by atoms with Crippen molar-refractivity contribution in [1.29, 1.82) is 0 Å². The topological polar surface area (TPSA) is 130 Å². The number of nitrogens with one attached hydrogen (secondary N) is 3. The molecule has 0 atom stereocenters. The van der Waals surface area contributed by atoms with Crippen LogP contribution in [0.4, 0.5) is 11.5 Å². The summed E-state index contributed by atoms with van der Waals surface area (Å²) < 4.78 is 11.9. The number of piperazine rings is 1. The molecule has 1 aromatic carbocycles. The standard InChI is InChI=1S/C24H26N8O3/c1-15-11-17(4-6-19(15)35-18-5-3-16(2)26-12-18)29-22-21-23(28-14-27-22)30-31-24(21)34-10-9-32-8-7-25-20(33)13-32/h3-6,11-12,14H,7-10,13H2,1-2H3,(H,25,33)(H2,27,28,29,30,31). The number of hydrogen-bond acceptors (Lipinski definition) is 9. The normalized spacial score (nSPS) is 14.1. The van der Waals surface area contributed by atoms with Crippen molar-refractivity contribution >= 4 is 28.4 Å². The summed E-state index contributed by atoms with van der Waals surface area (Å²) in [5.74, 6) is 2.44. The molecule has 3 N–H and O–H groups in total. The van der Waals surface area contributed by atoms with E-state index in [9.17, 15) is 4.79 Å². The Bertz CT molecular complexity index is 1340. The highest BCUT2D eigenvalue weighted by Gasteiger charge is 2.18. The zero-order chi connectivity index (χ0) is 24.2. The monoisotopic (exact) mass is 474 g/mol. The van der Waals surface area contributed by atoms with Gasteiger partial charge in [0.25, 0.3) is 0 Å². The lowest BCUT2D eigenvalue weighted by atomic mass is 10.2. The van der Waals surface area contributed by atoms with E-state index < -0.39 is 0 Å². The van der Waals surface area contributed by atoms with E-state index in [4.69, 9.17) is 9.47 Å². The predicted octanol–water partition coefficient (Wildman–Crippen LogP) is 2.71. The molecule has 1 aliphatic heterocycles. The van der Waals surface area contributed by atoms with Crippen molar-refractivity contribution in [3.8, 4) is 17.4 Å². The third kappa shape index (κ3) is 5.30. The van der Waals surface area contributed by atoms with E-state index in [1.807, 2.05) is 49.1 Å². The van der Waals surface area contributed by atoms with Gasteiger partial charge in [-0.3, -0.25) is 19.8 Å². The molecule has 11 heteroatoms. The van der Waals surface area contributed by atoms with Crippen LogP contribution in [0.15, 0.2) is 42.9 Å². The molecule has 1 fully saturated rings. The number of benzene rings is 1. The van der Waals surface area contributed by atoms with E-state index in [-0.39, 0.29) is 5.91 Å². The van der Waals surface area contributed by atoms with Crippen LogP contribution in [0.2, 0.25) is 0 Å². The molecular formula is C24H26N8O3. The van der Waals surface area contributed by atoms with Gasteiger partial charge in [0.1, 0.15) is 35.6 Å². The van der Waals surface area contributed by atoms with Gasteiger partial charge in [-0.05, 0) is 49.7 Å². The summed E-state index contributed by atoms with van der Waals surface area (Å²) in [4.78, 5) is 26.5. The number of carbonyl (C=O) groups is 1. The number of ether oxygens (including phenoxy) is 2. The Kier molecular flexibility index (Phi) is 6.40. The number of rotatable bonds is 8. The number of H-pyrrole nitrogens is 1. The number of amides is 1. The Morgan fingerprint density at radius 3 is 2.86 bits per heavy atom. The fraction of sp³-hybridized carbons (Fsp3) is 0.292. The van der Waals surface area contributed by atoms with Crippen LogP contribution in [-0.4, -0.2) is 68.7 Å². The molecule has 0 bridgehead atoms. The second-order valence-corrected chi connectivity index (χ2v) is 8.29. The number of pyridine rings is 1. The summed E-state index contributed by atoms with van der Waals surface area (Å²) in [6.07, 6.45) is 3.17. The Morgan fingerprint density at radius 1 is 1.14 bits per heavy atom. The zero-order valence-electron chi connectivity index (χ0n) is 19.5. The van der Waals surface area contributed by atoms with Crippen LogP contribution >= 0.6 is 0 Å². The number of aryl methyl sites for hydroxylation is 2. The average molecular weight is 475 g/mol. The van der Waals surface area contributed by atoms with Crippen molar-refractivity contribution in [3.63, 3.8) is 0 Å². The predicted molar refractivity (Wildman–Crippen MR) is 130 cm³/mol. The van der Waals surface area contributed by atoms with Crippen LogP contribution in [0.25, 0.3) is 11.0 Å². The zero-order valence-corrected chi connectivity index (χ0v) is 19.5. The summed E-state index contributed by atoms with van der Waals surface area (Å²) in [6, 6.07) is 9.60. The molecule has 0 spiro atoms. The van der Waals surface area contributed by atoms with Gasteiger partial charge in [-0.2, -0.15) is 0 Å². The van der Waals surface area contributed by atoms with Crippen molar-refractivity contribution in [2.45, 2.75) is 13.8 Å². The van der Waals surface area contributed by atoms with Crippen molar-refractivity contribution in [1.82, 2.24) is 35.4 Å². The molecule has 0 aliphatic carbocycles. The molecule has 0 saturated carbocycles. The maximum atomic E-state index is 11.6. The minimum absolute atomic E-state index is 0.0311. The Balaban J connectivity index is 1.29. The molecule has 0 radical (unpaired) electrons. The average Bonchev–Trinajstić information content (AvgIpc) is 3.26. The molecule has 1 saturated heterocycles. The maximum absolute atomic E-state index is 11.6. The second kappa shape index (κ2) is 9.94. The number of anilines is 2. The van der Waals surface area contributed by atoms with Crippen molar-refractivity contribution in [2.24, 2.45) is 0 Å². The summed E-state index contributed by atoms with van der Waals surface area (Å²) in [7, 11) is 0. The molecule has 11 nitrogen and oxygen atoms in total. The summed E-state index contributed by atoms with van der Waals surface area (Å²) in [6.45, 7) is 6.74. The molecule has 4 heterocycles. The van der Waals surface area contributed by atoms with Gasteiger partial charge in [0.05, 0.1) is 12.7 Å². The molecule has 3 aromatic heterocycles. The smallest absolute Gasteiger partial charge is 0.246 e. The van der Waals surface area contributed by atoms with Crippen LogP contribution in [0, 0.1) is 13.8 Å². The second-order valence-electron chi connectivity index (χ2n) is 8.29. The first kappa shape index (κ1) is 22.5. The van der Waals surface area contributed by atoms with Gasteiger partial charge in [-0.15, -0.1) is 5.10 Å². The molecule has 5 rings (SSSR count). The molecule has 35 heavy (non-hydrogen) atoms. The number of nitrogens with zero attached hydrogens (tertiary/aromatic N) is 5. The summed E-state index contributed by atoms with van der Waals surface area (Å²) >= 11 is 0. The molecule has 180 valence electrons. The molecule has 4 aromatic rings. The fourth-order valence-electron chi connectivity index (χ4n) is 3.81. The first-order valence-electron chi connectivity index (χ1n) is 11.3. The molecule has 1 aliphatic rings. The van der Waals surface area contributed by atoms with E-state index in [2.05, 4.69) is 35.8 Å². The minimum atomic E-state index is 0.0311. The van der Waals surface area contributed by atoms with E-state index in [0.29, 0.717) is 54.7 Å². The van der Waals surface area contributed by atoms with Crippen LogP contribution in [-0.2, 0) is 4.79 Å². The number of fused-ring (bicyclic) bond motifs is 1. The highest BCUT2D eigenvalue weighted by atomic mass is 16.5. The van der Waals surface area contributed by atoms with Gasteiger partial charge in [-0.25, -0.2) is 9.97 Å². The van der Waals surface area contributed by atoms with Gasteiger partial charge in [0.2, 0.25) is 11.8 Å². The number of carbonyl (C=O) groups excluding carboxylic acids is 1. The molecule has 1 amide bonds. The lowest BCUT2D eigenvalue weighted by Gasteiger charge is -2.25. The lowest BCUT2D eigenvalue weighted by molar-refractivity contribution is -0.124. The minimum Gasteiger partial charge on any atom is -0.475 e. The Labute approximate surface area is 201 Å². The molecular weight excluding hydrogens is 448 g/mol. The highest BCUT2D eigenvalue weighted by Crippen LogP contribution is 2.32. The Hall–Kier alpha value is -4.25. The van der Waals surface area contributed by atoms with Gasteiger partial charge in [0, 0.05) is 31.0 Å². The van der Waals surface area contributed by atoms with Crippen LogP contribution in [0.5, 0.6) is 17.4 Å². The van der Waals surface area contributed by atoms with Crippen molar-refractivity contribution in [3.05, 3.63) is 54.1 Å². The third-order valence-electron chi connectivity index (χ3n) is 5.64. The van der Waals surface area contributed by atoms with Gasteiger partial charge in [-0.1, -0.05) is 0 Å². The first-order chi connectivity index (χ1) is 17.0. The number of aromatic amines is 1. The van der Waals surface area contributed by atoms with Crippen LogP contribution < -0.4 is 20.1 Å². The number of hydrogen-bond donors (Lipinski definition) is 3. The third-order valence-corrected chi connectivity index (χ3v) is 5.64. The summed E-state index contributed by atoms with van der Waals surface area (Å²) in [5.41, 5.74) is 3.29. The van der Waals surface area contributed by atoms with Gasteiger partial charge in [0.15, 0.2) is 5.65 Å². The van der Waals surface area contributed by atoms with Gasteiger partial charge >= 0.3 is 0 Å². The van der Waals surface area contributed by atoms with Crippen LogP contribution in [0.3, 0.4) is 0 Å². The largest absolute Gasteiger partial charge is 0.475 e. The molecule has 0 unspecified atom stereocenters. The highest BCUT2D eigenvalue weighted by molar-refractivity contribution is 5.92. The Morgan fingerprint density at radius 2 is 2.06 bits per heavy atom. The SMILES string of the molecule is Cc1ccc(Oc2ccc(Nc3ncnc4[nH]nc(OCCN5CCNC(=O)C5)c34)cc2C)cn1. The maximum Gasteiger partial charge on any atom is 0.246 e. The van der Waals surface area contributed by atoms with Crippen molar-refractivity contribution in [2.75, 3.05) is 38.1 Å². The van der Waals surface area contributed by atoms with Crippen molar-refractivity contribution < 1.29 is 14.3 Å². The number of aromatic nitrogens is 5. The van der Waals surface area contributed by atoms with E-state index in [0.717, 1.165) is 29.2 Å². The van der Waals surface area contributed by atoms with E-state index >= 15 is 0 Å². The fourth-order valence-corrected chi connectivity index (χ4v) is 3.81. The lowest BCUT2D eigenvalue weighted by Crippen LogP contribution is -2.48. The van der Waals surface area contributed by atoms with E-state index in [1.165, 1.54) is 6.33 Å². The van der Waals surface area contributed by atoms with Crippen LogP contribution in [0.1, 0.15) is 11.3 Å². The van der Waals surface area contributed by atoms with E-state index in [1.54, 1.807) is 6.20 Å². The van der Waals surface area contributed by atoms with Gasteiger partial charge < -0.3 is 20.1 Å². The summed E-state index contributed by atoms with van der Waals surface area (Å²) in [5, 5.41) is 14.0. The quantitative estimate of drug-likeness (QED) is 0.353. The first-order valence-corrected chi connectivity index (χ1v) is 11.3.